The van der Waals surface area contributed by atoms with E-state index in [9.17, 15) is 18.0 Å². The van der Waals surface area contributed by atoms with Gasteiger partial charge in [-0.15, -0.1) is 0 Å². The Morgan fingerprint density at radius 3 is 2.15 bits per heavy atom. The first-order chi connectivity index (χ1) is 5.69. The van der Waals surface area contributed by atoms with Crippen LogP contribution in [0.15, 0.2) is 0 Å². The second-order valence-corrected chi connectivity index (χ2v) is 3.80. The molecule has 0 aromatic rings. The minimum atomic E-state index is -3.67. The highest BCUT2D eigenvalue weighted by Crippen LogP contribution is 2.64. The number of rotatable bonds is 1. The van der Waals surface area contributed by atoms with Gasteiger partial charge in [0.15, 0.2) is 0 Å². The Kier molecular flexibility index (Phi) is 2.07. The molecule has 0 spiro atoms. The van der Waals surface area contributed by atoms with Gasteiger partial charge in [-0.2, -0.15) is 0 Å². The Balaban J connectivity index is 2.95. The molecule has 1 aliphatic rings. The Bertz CT molecular complexity index is 254. The highest BCUT2D eigenvalue weighted by molar-refractivity contribution is 6.26. The van der Waals surface area contributed by atoms with Crippen LogP contribution in [0.4, 0.5) is 13.2 Å². The molecule has 0 amide bonds. The molecule has 1 fully saturated rings. The van der Waals surface area contributed by atoms with Crippen LogP contribution in [-0.4, -0.2) is 24.1 Å². The third kappa shape index (κ3) is 1.06. The van der Waals surface area contributed by atoms with Crippen LogP contribution in [0.25, 0.3) is 0 Å². The van der Waals surface area contributed by atoms with Crippen molar-refractivity contribution in [1.29, 1.82) is 0 Å². The molecule has 0 aromatic carbocycles. The summed E-state index contributed by atoms with van der Waals surface area (Å²) in [6.07, 6.45) is -0.924. The van der Waals surface area contributed by atoms with E-state index in [1.165, 1.54) is 0 Å². The number of hydrogen-bond donors (Lipinski definition) is 0. The molecule has 1 aliphatic carbocycles. The van der Waals surface area contributed by atoms with E-state index in [2.05, 4.69) is 4.74 Å². The largest absolute Gasteiger partial charge is 0.468 e. The van der Waals surface area contributed by atoms with Crippen LogP contribution in [0.5, 0.6) is 0 Å². The molecule has 2 nitrogen and oxygen atoms in total. The van der Waals surface area contributed by atoms with E-state index in [4.69, 9.17) is 11.6 Å². The highest BCUT2D eigenvalue weighted by Gasteiger charge is 2.79. The summed E-state index contributed by atoms with van der Waals surface area (Å²) in [6, 6.07) is 0. The van der Waals surface area contributed by atoms with Gasteiger partial charge >= 0.3 is 5.97 Å². The van der Waals surface area contributed by atoms with E-state index in [0.717, 1.165) is 14.0 Å². The van der Waals surface area contributed by atoms with E-state index in [0.29, 0.717) is 0 Å². The second kappa shape index (κ2) is 2.53. The average Bonchev–Trinajstić information content (AvgIpc) is 2.01. The van der Waals surface area contributed by atoms with Crippen LogP contribution in [0.3, 0.4) is 0 Å². The Morgan fingerprint density at radius 2 is 1.92 bits per heavy atom. The van der Waals surface area contributed by atoms with Crippen molar-refractivity contribution in [1.82, 2.24) is 0 Å². The summed E-state index contributed by atoms with van der Waals surface area (Å²) >= 11 is 4.96. The fraction of sp³-hybridized carbons (Fsp3) is 0.857. The molecule has 1 rings (SSSR count). The fourth-order valence-electron chi connectivity index (χ4n) is 1.39. The molecule has 2 atom stereocenters. The lowest BCUT2D eigenvalue weighted by Crippen LogP contribution is -2.68. The molecule has 13 heavy (non-hydrogen) atoms. The summed E-state index contributed by atoms with van der Waals surface area (Å²) in [4.78, 5) is 10.9. The zero-order chi connectivity index (χ0) is 10.5. The molecule has 0 heterocycles. The van der Waals surface area contributed by atoms with E-state index in [-0.39, 0.29) is 0 Å². The Labute approximate surface area is 78.0 Å². The van der Waals surface area contributed by atoms with Gasteiger partial charge in [-0.1, -0.05) is 11.6 Å². The smallest absolute Gasteiger partial charge is 0.316 e. The maximum Gasteiger partial charge on any atom is 0.316 e. The van der Waals surface area contributed by atoms with Crippen molar-refractivity contribution in [3.8, 4) is 0 Å². The van der Waals surface area contributed by atoms with Crippen molar-refractivity contribution >= 4 is 17.6 Å². The third-order valence-corrected chi connectivity index (χ3v) is 3.06. The first kappa shape index (κ1) is 10.6. The van der Waals surface area contributed by atoms with Crippen LogP contribution < -0.4 is 0 Å². The molecule has 0 radical (unpaired) electrons. The number of esters is 1. The van der Waals surface area contributed by atoms with Crippen LogP contribution in [0.2, 0.25) is 0 Å². The molecule has 6 heteroatoms. The van der Waals surface area contributed by atoms with Gasteiger partial charge in [-0.25, -0.2) is 13.2 Å². The van der Waals surface area contributed by atoms with E-state index in [1.54, 1.807) is 0 Å². The number of halogens is 4. The summed E-state index contributed by atoms with van der Waals surface area (Å²) in [5, 5.41) is -3.34. The SMILES string of the molecule is COC(=O)[C@]1(C)CC(F)(F)[C@]1(F)Cl. The van der Waals surface area contributed by atoms with Crippen LogP contribution >= 0.6 is 11.6 Å². The van der Waals surface area contributed by atoms with Gasteiger partial charge in [0.05, 0.1) is 7.11 Å². The van der Waals surface area contributed by atoms with Gasteiger partial charge in [-0.3, -0.25) is 4.79 Å². The molecular weight excluding hydrogens is 209 g/mol. The number of methoxy groups -OCH3 is 1. The van der Waals surface area contributed by atoms with Gasteiger partial charge in [-0.05, 0) is 6.92 Å². The van der Waals surface area contributed by atoms with Crippen molar-refractivity contribution in [3.05, 3.63) is 0 Å². The number of alkyl halides is 4. The monoisotopic (exact) mass is 216 g/mol. The summed E-state index contributed by atoms with van der Waals surface area (Å²) in [5.41, 5.74) is -1.95. The van der Waals surface area contributed by atoms with Crippen LogP contribution in [0, 0.1) is 5.41 Å². The van der Waals surface area contributed by atoms with Gasteiger partial charge in [0.25, 0.3) is 11.1 Å². The molecule has 0 unspecified atom stereocenters. The van der Waals surface area contributed by atoms with E-state index < -0.39 is 28.9 Å². The van der Waals surface area contributed by atoms with Gasteiger partial charge in [0.1, 0.15) is 5.41 Å². The van der Waals surface area contributed by atoms with Crippen molar-refractivity contribution in [2.75, 3.05) is 7.11 Å². The molecule has 1 saturated carbocycles. The number of carbonyl (C=O) groups excluding carboxylic acids is 1. The number of carbonyl (C=O) groups is 1. The highest BCUT2D eigenvalue weighted by atomic mass is 35.5. The van der Waals surface area contributed by atoms with E-state index in [1.807, 2.05) is 0 Å². The summed E-state index contributed by atoms with van der Waals surface area (Å²) in [7, 11) is 0.997. The number of hydrogen-bond acceptors (Lipinski definition) is 2. The first-order valence-electron chi connectivity index (χ1n) is 3.53. The molecule has 0 N–H and O–H groups in total. The lowest BCUT2D eigenvalue weighted by atomic mass is 9.65. The zero-order valence-corrected chi connectivity index (χ0v) is 7.79. The number of ether oxygens (including phenoxy) is 1. The van der Waals surface area contributed by atoms with Crippen molar-refractivity contribution in [2.45, 2.75) is 24.4 Å². The first-order valence-corrected chi connectivity index (χ1v) is 3.91. The van der Waals surface area contributed by atoms with Gasteiger partial charge in [0.2, 0.25) is 0 Å². The lowest BCUT2D eigenvalue weighted by Gasteiger charge is -2.51. The summed E-state index contributed by atoms with van der Waals surface area (Å²) < 4.78 is 42.6. The maximum absolute atomic E-state index is 13.2. The quantitative estimate of drug-likeness (QED) is 0.496. The predicted molar refractivity (Wildman–Crippen MR) is 39.4 cm³/mol. The Morgan fingerprint density at radius 1 is 1.46 bits per heavy atom. The molecular formula is C7H8ClF3O2. The lowest BCUT2D eigenvalue weighted by molar-refractivity contribution is -0.253. The van der Waals surface area contributed by atoms with Crippen LogP contribution in [-0.2, 0) is 9.53 Å². The standard InChI is InChI=1S/C7H8ClF3O2/c1-5(4(12)13-2)3-6(9,10)7(5,8)11/h3H2,1-2H3/t5-,7-/m0/s1. The minimum absolute atomic E-state index is 0.924. The third-order valence-electron chi connectivity index (χ3n) is 2.36. The maximum atomic E-state index is 13.2. The normalized spacial score (nSPS) is 42.3. The molecule has 0 saturated heterocycles. The summed E-state index contributed by atoms with van der Waals surface area (Å²) in [5.74, 6) is -4.73. The summed E-state index contributed by atoms with van der Waals surface area (Å²) in [6.45, 7) is 1.02. The van der Waals surface area contributed by atoms with Crippen molar-refractivity contribution in [2.24, 2.45) is 5.41 Å². The molecule has 0 aliphatic heterocycles. The van der Waals surface area contributed by atoms with Crippen LogP contribution in [0.1, 0.15) is 13.3 Å². The second-order valence-electron chi connectivity index (χ2n) is 3.28. The predicted octanol–water partition coefficient (Wildman–Crippen LogP) is 2.11. The van der Waals surface area contributed by atoms with Crippen molar-refractivity contribution < 1.29 is 22.7 Å². The fourth-order valence-corrected chi connectivity index (χ4v) is 1.60. The van der Waals surface area contributed by atoms with Gasteiger partial charge < -0.3 is 4.74 Å². The molecule has 0 aromatic heterocycles. The molecule has 0 bridgehead atoms. The molecule has 76 valence electrons. The van der Waals surface area contributed by atoms with E-state index >= 15 is 0 Å². The average molecular weight is 217 g/mol. The zero-order valence-electron chi connectivity index (χ0n) is 7.04. The van der Waals surface area contributed by atoms with Crippen molar-refractivity contribution in [3.63, 3.8) is 0 Å². The van der Waals surface area contributed by atoms with Gasteiger partial charge in [0, 0.05) is 6.42 Å². The Hall–Kier alpha value is -0.450. The minimum Gasteiger partial charge on any atom is -0.468 e. The topological polar surface area (TPSA) is 26.3 Å².